The molecule has 2 atom stereocenters. The molecule has 21 heavy (non-hydrogen) atoms. The molecular formula is C17H22O4. The van der Waals surface area contributed by atoms with E-state index in [0.29, 0.717) is 24.8 Å². The minimum Gasteiger partial charge on any atom is -0.468 e. The van der Waals surface area contributed by atoms with Crippen molar-refractivity contribution in [1.29, 1.82) is 0 Å². The molecule has 0 bridgehead atoms. The van der Waals surface area contributed by atoms with Crippen molar-refractivity contribution >= 4 is 11.9 Å². The monoisotopic (exact) mass is 290 g/mol. The summed E-state index contributed by atoms with van der Waals surface area (Å²) in [7, 11) is 1.39. The molecule has 0 spiro atoms. The van der Waals surface area contributed by atoms with Gasteiger partial charge >= 0.3 is 11.9 Å². The summed E-state index contributed by atoms with van der Waals surface area (Å²) in [6.45, 7) is 3.90. The van der Waals surface area contributed by atoms with Gasteiger partial charge in [0.1, 0.15) is 11.5 Å². The minimum absolute atomic E-state index is 0.274. The number of hydrogen-bond acceptors (Lipinski definition) is 4. The van der Waals surface area contributed by atoms with Gasteiger partial charge in [-0.15, -0.1) is 0 Å². The van der Waals surface area contributed by atoms with Gasteiger partial charge in [-0.3, -0.25) is 4.79 Å². The molecule has 1 aliphatic carbocycles. The lowest BCUT2D eigenvalue weighted by Gasteiger charge is -2.31. The van der Waals surface area contributed by atoms with Gasteiger partial charge in [0.15, 0.2) is 0 Å². The highest BCUT2D eigenvalue weighted by atomic mass is 16.6. The number of benzene rings is 1. The Morgan fingerprint density at radius 1 is 1.29 bits per heavy atom. The molecule has 1 fully saturated rings. The molecule has 0 amide bonds. The fourth-order valence-corrected chi connectivity index (χ4v) is 3.08. The first-order valence-corrected chi connectivity index (χ1v) is 7.39. The van der Waals surface area contributed by atoms with Gasteiger partial charge in [0.25, 0.3) is 0 Å². The molecular weight excluding hydrogens is 268 g/mol. The predicted molar refractivity (Wildman–Crippen MR) is 79.0 cm³/mol. The number of esters is 2. The summed E-state index contributed by atoms with van der Waals surface area (Å²) in [6, 6.07) is 7.24. The van der Waals surface area contributed by atoms with Crippen LogP contribution in [0.5, 0.6) is 0 Å². The van der Waals surface area contributed by atoms with E-state index in [1.807, 2.05) is 26.0 Å². The molecule has 0 N–H and O–H groups in total. The third kappa shape index (κ3) is 2.94. The molecule has 0 radical (unpaired) electrons. The highest BCUT2D eigenvalue weighted by Gasteiger charge is 2.50. The fraction of sp³-hybridized carbons (Fsp3) is 0.529. The molecule has 0 aromatic heterocycles. The summed E-state index contributed by atoms with van der Waals surface area (Å²) in [4.78, 5) is 24.4. The Hall–Kier alpha value is -1.84. The van der Waals surface area contributed by atoms with E-state index >= 15 is 0 Å². The fourth-order valence-electron chi connectivity index (χ4n) is 3.08. The van der Waals surface area contributed by atoms with Crippen LogP contribution in [0.3, 0.4) is 0 Å². The van der Waals surface area contributed by atoms with Crippen molar-refractivity contribution in [3.05, 3.63) is 35.4 Å². The molecule has 1 aliphatic rings. The van der Waals surface area contributed by atoms with Crippen LogP contribution >= 0.6 is 0 Å². The van der Waals surface area contributed by atoms with E-state index in [0.717, 1.165) is 12.0 Å². The van der Waals surface area contributed by atoms with Crippen LogP contribution in [0.4, 0.5) is 0 Å². The van der Waals surface area contributed by atoms with Crippen LogP contribution < -0.4 is 0 Å². The maximum absolute atomic E-state index is 12.3. The van der Waals surface area contributed by atoms with E-state index in [2.05, 4.69) is 0 Å². The van der Waals surface area contributed by atoms with Crippen LogP contribution in [-0.4, -0.2) is 25.2 Å². The van der Waals surface area contributed by atoms with Gasteiger partial charge in [-0.25, -0.2) is 4.79 Å². The molecule has 0 heterocycles. The third-order valence-corrected chi connectivity index (χ3v) is 4.46. The lowest BCUT2D eigenvalue weighted by Crippen LogP contribution is -2.41. The quantitative estimate of drug-likeness (QED) is 0.799. The molecule has 4 heteroatoms. The molecule has 0 aliphatic heterocycles. The van der Waals surface area contributed by atoms with Crippen LogP contribution in [0, 0.1) is 12.3 Å². The van der Waals surface area contributed by atoms with Gasteiger partial charge in [0.05, 0.1) is 12.7 Å². The summed E-state index contributed by atoms with van der Waals surface area (Å²) in [5.41, 5.74) is 0.919. The lowest BCUT2D eigenvalue weighted by atomic mass is 9.81. The van der Waals surface area contributed by atoms with E-state index < -0.39 is 11.5 Å². The first-order valence-electron chi connectivity index (χ1n) is 7.39. The molecule has 4 nitrogen and oxygen atoms in total. The van der Waals surface area contributed by atoms with Crippen molar-refractivity contribution in [2.24, 2.45) is 5.41 Å². The highest BCUT2D eigenvalue weighted by molar-refractivity contribution is 5.90. The van der Waals surface area contributed by atoms with Gasteiger partial charge in [-0.05, 0) is 44.7 Å². The summed E-state index contributed by atoms with van der Waals surface area (Å²) in [6.07, 6.45) is 2.51. The Bertz CT molecular complexity index is 520. The Balaban J connectivity index is 2.15. The van der Waals surface area contributed by atoms with Crippen LogP contribution in [0.15, 0.2) is 24.3 Å². The topological polar surface area (TPSA) is 52.6 Å². The number of aryl methyl sites for hydroxylation is 1. The van der Waals surface area contributed by atoms with Crippen molar-refractivity contribution in [3.63, 3.8) is 0 Å². The normalized spacial score (nSPS) is 24.6. The van der Waals surface area contributed by atoms with Gasteiger partial charge in [0.2, 0.25) is 0 Å². The van der Waals surface area contributed by atoms with Crippen LogP contribution in [0.1, 0.15) is 48.5 Å². The Morgan fingerprint density at radius 3 is 2.52 bits per heavy atom. The molecule has 0 saturated heterocycles. The van der Waals surface area contributed by atoms with Gasteiger partial charge in [-0.2, -0.15) is 0 Å². The molecule has 2 unspecified atom stereocenters. The molecule has 114 valence electrons. The smallest absolute Gasteiger partial charge is 0.338 e. The number of rotatable bonds is 4. The van der Waals surface area contributed by atoms with Crippen molar-refractivity contribution in [1.82, 2.24) is 0 Å². The summed E-state index contributed by atoms with van der Waals surface area (Å²) < 4.78 is 10.6. The van der Waals surface area contributed by atoms with Gasteiger partial charge in [0, 0.05) is 0 Å². The Morgan fingerprint density at radius 2 is 1.95 bits per heavy atom. The largest absolute Gasteiger partial charge is 0.468 e. The zero-order valence-corrected chi connectivity index (χ0v) is 12.8. The average Bonchev–Trinajstić information content (AvgIpc) is 2.90. The number of ether oxygens (including phenoxy) is 2. The van der Waals surface area contributed by atoms with E-state index in [4.69, 9.17) is 9.47 Å². The van der Waals surface area contributed by atoms with E-state index in [1.54, 1.807) is 12.1 Å². The summed E-state index contributed by atoms with van der Waals surface area (Å²) >= 11 is 0. The van der Waals surface area contributed by atoms with Crippen molar-refractivity contribution in [3.8, 4) is 0 Å². The van der Waals surface area contributed by atoms with Gasteiger partial charge in [-0.1, -0.05) is 24.6 Å². The summed E-state index contributed by atoms with van der Waals surface area (Å²) in [5, 5.41) is 0. The number of methoxy groups -OCH3 is 1. The van der Waals surface area contributed by atoms with Crippen molar-refractivity contribution in [2.45, 2.75) is 45.6 Å². The Labute approximate surface area is 125 Å². The predicted octanol–water partition coefficient (Wildman–Crippen LogP) is 3.27. The van der Waals surface area contributed by atoms with Crippen LogP contribution in [0.25, 0.3) is 0 Å². The second-order valence-electron chi connectivity index (χ2n) is 5.65. The van der Waals surface area contributed by atoms with Crippen molar-refractivity contribution < 1.29 is 19.1 Å². The van der Waals surface area contributed by atoms with E-state index in [9.17, 15) is 9.59 Å². The maximum atomic E-state index is 12.3. The molecule has 2 rings (SSSR count). The average molecular weight is 290 g/mol. The molecule has 1 saturated carbocycles. The second kappa shape index (κ2) is 6.29. The highest BCUT2D eigenvalue weighted by Crippen LogP contribution is 2.44. The molecule has 1 aromatic carbocycles. The van der Waals surface area contributed by atoms with E-state index in [-0.39, 0.29) is 11.9 Å². The number of carbonyl (C=O) groups is 2. The maximum Gasteiger partial charge on any atom is 0.338 e. The van der Waals surface area contributed by atoms with E-state index in [1.165, 1.54) is 7.11 Å². The van der Waals surface area contributed by atoms with Gasteiger partial charge < -0.3 is 9.47 Å². The zero-order chi connectivity index (χ0) is 15.5. The van der Waals surface area contributed by atoms with Crippen LogP contribution in [0.2, 0.25) is 0 Å². The Kier molecular flexibility index (Phi) is 4.66. The van der Waals surface area contributed by atoms with Crippen LogP contribution in [-0.2, 0) is 14.3 Å². The first-order chi connectivity index (χ1) is 10.0. The van der Waals surface area contributed by atoms with Crippen molar-refractivity contribution in [2.75, 3.05) is 7.11 Å². The lowest BCUT2D eigenvalue weighted by molar-refractivity contribution is -0.158. The second-order valence-corrected chi connectivity index (χ2v) is 5.65. The molecule has 1 aromatic rings. The zero-order valence-electron chi connectivity index (χ0n) is 12.8. The minimum atomic E-state index is -0.685. The third-order valence-electron chi connectivity index (χ3n) is 4.46. The summed E-state index contributed by atoms with van der Waals surface area (Å²) in [5.74, 6) is -0.646. The number of hydrogen-bond donors (Lipinski definition) is 0. The first kappa shape index (κ1) is 15.5. The standard InChI is InChI=1S/C17H22O4/c1-4-17(16(19)20-3)11-5-6-14(17)21-15(18)13-9-7-12(2)8-10-13/h7-10,14H,4-6,11H2,1-3H3. The number of carbonyl (C=O) groups excluding carboxylic acids is 2. The SMILES string of the molecule is CCC1(C(=O)OC)CCCC1OC(=O)c1ccc(C)cc1.